The molecule has 0 aliphatic rings. The second-order valence-corrected chi connectivity index (χ2v) is 5.54. The van der Waals surface area contributed by atoms with Gasteiger partial charge in [-0.1, -0.05) is 13.8 Å². The molecule has 21 heavy (non-hydrogen) atoms. The lowest BCUT2D eigenvalue weighted by molar-refractivity contribution is -0.384. The Morgan fingerprint density at radius 3 is 2.67 bits per heavy atom. The molecule has 1 aromatic heterocycles. The first-order valence-corrected chi connectivity index (χ1v) is 6.91. The van der Waals surface area contributed by atoms with Gasteiger partial charge < -0.3 is 9.88 Å². The molecule has 0 radical (unpaired) electrons. The molecule has 0 bridgehead atoms. The summed E-state index contributed by atoms with van der Waals surface area (Å²) in [6.07, 6.45) is 1.77. The fourth-order valence-electron chi connectivity index (χ4n) is 2.06. The van der Waals surface area contributed by atoms with Crippen LogP contribution in [0.3, 0.4) is 0 Å². The van der Waals surface area contributed by atoms with Gasteiger partial charge in [-0.3, -0.25) is 14.9 Å². The summed E-state index contributed by atoms with van der Waals surface area (Å²) in [5.74, 6) is 0.310. The Balaban J connectivity index is 2.16. The van der Waals surface area contributed by atoms with Crippen LogP contribution < -0.4 is 5.32 Å². The molecule has 2 aromatic rings. The normalized spacial score (nSPS) is 12.6. The Morgan fingerprint density at radius 2 is 2.05 bits per heavy atom. The van der Waals surface area contributed by atoms with Crippen molar-refractivity contribution in [3.63, 3.8) is 0 Å². The standard InChI is InChI=1S/C15H19N3O3/c1-10(2)11(3)16-15(19)9-17-7-6-12-8-13(18(20)21)4-5-14(12)17/h4-8,10-11H,9H2,1-3H3,(H,16,19). The van der Waals surface area contributed by atoms with E-state index in [1.54, 1.807) is 22.9 Å². The second-order valence-electron chi connectivity index (χ2n) is 5.54. The summed E-state index contributed by atoms with van der Waals surface area (Å²) in [5, 5.41) is 14.5. The lowest BCUT2D eigenvalue weighted by Crippen LogP contribution is -2.38. The third kappa shape index (κ3) is 3.39. The molecule has 1 unspecified atom stereocenters. The lowest BCUT2D eigenvalue weighted by atomic mass is 10.1. The van der Waals surface area contributed by atoms with Gasteiger partial charge in [0.1, 0.15) is 6.54 Å². The summed E-state index contributed by atoms with van der Waals surface area (Å²) in [4.78, 5) is 22.3. The molecule has 2 rings (SSSR count). The SMILES string of the molecule is CC(C)C(C)NC(=O)Cn1ccc2cc([N+](=O)[O-])ccc21. The van der Waals surface area contributed by atoms with Crippen LogP contribution >= 0.6 is 0 Å². The van der Waals surface area contributed by atoms with Crippen LogP contribution in [-0.4, -0.2) is 21.4 Å². The van der Waals surface area contributed by atoms with E-state index in [9.17, 15) is 14.9 Å². The number of hydrogen-bond donors (Lipinski definition) is 1. The van der Waals surface area contributed by atoms with Gasteiger partial charge in [-0.25, -0.2) is 0 Å². The first-order valence-electron chi connectivity index (χ1n) is 6.91. The van der Waals surface area contributed by atoms with E-state index < -0.39 is 4.92 Å². The number of nitrogens with zero attached hydrogens (tertiary/aromatic N) is 2. The molecule has 1 heterocycles. The first kappa shape index (κ1) is 15.0. The number of carbonyl (C=O) groups excluding carboxylic acids is 1. The van der Waals surface area contributed by atoms with E-state index in [2.05, 4.69) is 19.2 Å². The van der Waals surface area contributed by atoms with Crippen molar-refractivity contribution in [3.05, 3.63) is 40.6 Å². The lowest BCUT2D eigenvalue weighted by Gasteiger charge is -2.17. The number of nitro groups is 1. The number of fused-ring (bicyclic) bond motifs is 1. The molecular formula is C15H19N3O3. The van der Waals surface area contributed by atoms with E-state index in [0.717, 1.165) is 10.9 Å². The zero-order valence-corrected chi connectivity index (χ0v) is 12.4. The highest BCUT2D eigenvalue weighted by Gasteiger charge is 2.13. The summed E-state index contributed by atoms with van der Waals surface area (Å²) < 4.78 is 1.79. The van der Waals surface area contributed by atoms with Crippen molar-refractivity contribution in [2.75, 3.05) is 0 Å². The average Bonchev–Trinajstić information content (AvgIpc) is 2.80. The van der Waals surface area contributed by atoms with Crippen LogP contribution in [0.1, 0.15) is 20.8 Å². The highest BCUT2D eigenvalue weighted by molar-refractivity contribution is 5.85. The van der Waals surface area contributed by atoms with Gasteiger partial charge in [0.25, 0.3) is 5.69 Å². The van der Waals surface area contributed by atoms with E-state index in [-0.39, 0.29) is 24.2 Å². The fourth-order valence-corrected chi connectivity index (χ4v) is 2.06. The van der Waals surface area contributed by atoms with Gasteiger partial charge in [0.05, 0.1) is 4.92 Å². The zero-order valence-electron chi connectivity index (χ0n) is 12.4. The van der Waals surface area contributed by atoms with E-state index in [1.807, 2.05) is 6.92 Å². The van der Waals surface area contributed by atoms with Crippen LogP contribution in [0.4, 0.5) is 5.69 Å². The molecular weight excluding hydrogens is 270 g/mol. The summed E-state index contributed by atoms with van der Waals surface area (Å²) in [6.45, 7) is 6.28. The highest BCUT2D eigenvalue weighted by atomic mass is 16.6. The van der Waals surface area contributed by atoms with Crippen molar-refractivity contribution >= 4 is 22.5 Å². The van der Waals surface area contributed by atoms with Gasteiger partial charge in [-0.2, -0.15) is 0 Å². The number of benzene rings is 1. The smallest absolute Gasteiger partial charge is 0.270 e. The summed E-state index contributed by atoms with van der Waals surface area (Å²) in [5.41, 5.74) is 0.867. The minimum absolute atomic E-state index is 0.0538. The van der Waals surface area contributed by atoms with E-state index >= 15 is 0 Å². The molecule has 6 heteroatoms. The maximum atomic E-state index is 12.0. The molecule has 1 atom stereocenters. The second kappa shape index (κ2) is 5.95. The number of carbonyl (C=O) groups is 1. The van der Waals surface area contributed by atoms with Gasteiger partial charge in [-0.05, 0) is 25.0 Å². The maximum Gasteiger partial charge on any atom is 0.270 e. The van der Waals surface area contributed by atoms with Crippen LogP contribution in [0.2, 0.25) is 0 Å². The quantitative estimate of drug-likeness (QED) is 0.679. The molecule has 0 saturated carbocycles. The number of nitrogens with one attached hydrogen (secondary N) is 1. The molecule has 1 aromatic carbocycles. The number of amides is 1. The van der Waals surface area contributed by atoms with Crippen molar-refractivity contribution in [1.29, 1.82) is 0 Å². The van der Waals surface area contributed by atoms with Crippen molar-refractivity contribution < 1.29 is 9.72 Å². The summed E-state index contributed by atoms with van der Waals surface area (Å²) >= 11 is 0. The van der Waals surface area contributed by atoms with Crippen LogP contribution in [0.5, 0.6) is 0 Å². The Morgan fingerprint density at radius 1 is 1.33 bits per heavy atom. The topological polar surface area (TPSA) is 77.2 Å². The number of aromatic nitrogens is 1. The molecule has 1 N–H and O–H groups in total. The monoisotopic (exact) mass is 289 g/mol. The Bertz CT molecular complexity index is 676. The van der Waals surface area contributed by atoms with Gasteiger partial charge in [-0.15, -0.1) is 0 Å². The van der Waals surface area contributed by atoms with Crippen molar-refractivity contribution in [2.45, 2.75) is 33.4 Å². The summed E-state index contributed by atoms with van der Waals surface area (Å²) in [6, 6.07) is 6.53. The Kier molecular flexibility index (Phi) is 4.26. The third-order valence-corrected chi connectivity index (χ3v) is 3.67. The van der Waals surface area contributed by atoms with E-state index in [1.165, 1.54) is 12.1 Å². The van der Waals surface area contributed by atoms with E-state index in [4.69, 9.17) is 0 Å². The van der Waals surface area contributed by atoms with Crippen LogP contribution in [-0.2, 0) is 11.3 Å². The number of non-ortho nitro benzene ring substituents is 1. The zero-order chi connectivity index (χ0) is 15.6. The van der Waals surface area contributed by atoms with E-state index in [0.29, 0.717) is 5.92 Å². The highest BCUT2D eigenvalue weighted by Crippen LogP contribution is 2.21. The minimum atomic E-state index is -0.423. The minimum Gasteiger partial charge on any atom is -0.352 e. The molecule has 0 aliphatic carbocycles. The largest absolute Gasteiger partial charge is 0.352 e. The van der Waals surface area contributed by atoms with Crippen LogP contribution in [0, 0.1) is 16.0 Å². The van der Waals surface area contributed by atoms with Crippen molar-refractivity contribution in [3.8, 4) is 0 Å². The predicted octanol–water partition coefficient (Wildman–Crippen LogP) is 2.71. The number of hydrogen-bond acceptors (Lipinski definition) is 3. The maximum absolute atomic E-state index is 12.0. The van der Waals surface area contributed by atoms with Crippen LogP contribution in [0.15, 0.2) is 30.5 Å². The average molecular weight is 289 g/mol. The molecule has 112 valence electrons. The Hall–Kier alpha value is -2.37. The molecule has 0 saturated heterocycles. The van der Waals surface area contributed by atoms with Crippen molar-refractivity contribution in [1.82, 2.24) is 9.88 Å². The predicted molar refractivity (Wildman–Crippen MR) is 81.0 cm³/mol. The van der Waals surface area contributed by atoms with Crippen molar-refractivity contribution in [2.24, 2.45) is 5.92 Å². The molecule has 0 fully saturated rings. The van der Waals surface area contributed by atoms with Crippen LogP contribution in [0.25, 0.3) is 10.9 Å². The molecule has 1 amide bonds. The fraction of sp³-hybridized carbons (Fsp3) is 0.400. The first-order chi connectivity index (χ1) is 9.88. The van der Waals surface area contributed by atoms with Gasteiger partial charge >= 0.3 is 0 Å². The van der Waals surface area contributed by atoms with Gasteiger partial charge in [0.15, 0.2) is 0 Å². The third-order valence-electron chi connectivity index (χ3n) is 3.67. The van der Waals surface area contributed by atoms with Gasteiger partial charge in [0, 0.05) is 35.3 Å². The molecule has 0 aliphatic heterocycles. The van der Waals surface area contributed by atoms with Gasteiger partial charge in [0.2, 0.25) is 5.91 Å². The molecule has 0 spiro atoms. The number of nitro benzene ring substituents is 1. The summed E-state index contributed by atoms with van der Waals surface area (Å²) in [7, 11) is 0. The molecule has 6 nitrogen and oxygen atoms in total. The number of rotatable bonds is 5. The Labute approximate surface area is 122 Å².